The molecule has 170 valence electrons. The van der Waals surface area contributed by atoms with Crippen molar-refractivity contribution in [1.82, 2.24) is 35.6 Å². The van der Waals surface area contributed by atoms with Crippen LogP contribution in [-0.2, 0) is 4.79 Å². The molecule has 0 aliphatic heterocycles. The molecule has 9 nitrogen and oxygen atoms in total. The summed E-state index contributed by atoms with van der Waals surface area (Å²) in [5.41, 5.74) is 8.22. The van der Waals surface area contributed by atoms with Gasteiger partial charge in [-0.1, -0.05) is 60.7 Å². The first-order valence-electron chi connectivity index (χ1n) is 10.8. The van der Waals surface area contributed by atoms with Gasteiger partial charge in [-0.05, 0) is 30.3 Å². The molecule has 2 aromatic heterocycles. The average molecular weight is 461 g/mol. The highest BCUT2D eigenvalue weighted by Gasteiger charge is 2.18. The van der Waals surface area contributed by atoms with Crippen molar-refractivity contribution in [1.29, 1.82) is 0 Å². The zero-order valence-corrected chi connectivity index (χ0v) is 18.4. The first-order valence-corrected chi connectivity index (χ1v) is 10.8. The highest BCUT2D eigenvalue weighted by Crippen LogP contribution is 2.20. The number of hydrogen-bond donors (Lipinski definition) is 2. The molecule has 2 heterocycles. The van der Waals surface area contributed by atoms with Crippen LogP contribution < -0.4 is 10.9 Å². The van der Waals surface area contributed by atoms with Gasteiger partial charge in [-0.3, -0.25) is 25.4 Å². The molecule has 0 spiro atoms. The second-order valence-corrected chi connectivity index (χ2v) is 7.43. The van der Waals surface area contributed by atoms with E-state index in [4.69, 9.17) is 0 Å². The zero-order chi connectivity index (χ0) is 24.0. The van der Waals surface area contributed by atoms with Gasteiger partial charge in [-0.25, -0.2) is 14.6 Å². The van der Waals surface area contributed by atoms with Gasteiger partial charge in [-0.15, -0.1) is 5.10 Å². The molecule has 2 amide bonds. The minimum atomic E-state index is -0.649. The number of carbonyl (C=O) groups excluding carboxylic acids is 2. The van der Waals surface area contributed by atoms with Crippen molar-refractivity contribution < 1.29 is 9.59 Å². The average Bonchev–Trinajstić information content (AvgIpc) is 3.37. The van der Waals surface area contributed by atoms with Gasteiger partial charge < -0.3 is 0 Å². The number of aromatic nitrogens is 5. The summed E-state index contributed by atoms with van der Waals surface area (Å²) in [6.07, 6.45) is 4.33. The molecular weight excluding hydrogens is 442 g/mol. The quantitative estimate of drug-likeness (QED) is 0.306. The molecule has 0 aliphatic rings. The Morgan fingerprint density at radius 2 is 1.46 bits per heavy atom. The fourth-order valence-electron chi connectivity index (χ4n) is 3.36. The van der Waals surface area contributed by atoms with Crippen molar-refractivity contribution in [2.24, 2.45) is 0 Å². The topological polar surface area (TPSA) is 115 Å². The highest BCUT2D eigenvalue weighted by atomic mass is 16.2. The number of rotatable bonds is 5. The first kappa shape index (κ1) is 21.7. The number of hydrogen-bond acceptors (Lipinski definition) is 6. The van der Waals surface area contributed by atoms with Crippen LogP contribution in [0.3, 0.4) is 0 Å². The predicted molar refractivity (Wildman–Crippen MR) is 131 cm³/mol. The number of hydrazine groups is 1. The maximum Gasteiger partial charge on any atom is 0.309 e. The van der Waals surface area contributed by atoms with Crippen LogP contribution >= 0.6 is 0 Å². The first-order chi connectivity index (χ1) is 17.2. The van der Waals surface area contributed by atoms with E-state index in [-0.39, 0.29) is 5.82 Å². The lowest BCUT2D eigenvalue weighted by atomic mass is 10.2. The summed E-state index contributed by atoms with van der Waals surface area (Å²) in [4.78, 5) is 38.0. The van der Waals surface area contributed by atoms with Crippen LogP contribution in [0.2, 0.25) is 0 Å². The van der Waals surface area contributed by atoms with Crippen molar-refractivity contribution in [3.8, 4) is 17.1 Å². The minimum absolute atomic E-state index is 0.0858. The number of benzene rings is 3. The summed E-state index contributed by atoms with van der Waals surface area (Å²) in [6.45, 7) is 0. The number of nitrogens with one attached hydrogen (secondary N) is 2. The molecule has 35 heavy (non-hydrogen) atoms. The predicted octanol–water partition coefficient (Wildman–Crippen LogP) is 3.35. The second-order valence-electron chi connectivity index (χ2n) is 7.43. The van der Waals surface area contributed by atoms with Crippen molar-refractivity contribution >= 4 is 28.9 Å². The molecule has 0 radical (unpaired) electrons. The standard InChI is InChI=1S/C26H19N7O2/c34-23(16-15-19-17-27-21-13-7-8-14-22(21)28-19)30-31-26(35)24-29-25(18-9-3-1-4-10-18)33(32-24)20-11-5-2-6-12-20/h1-17H,(H,30,34)(H,31,35)/b16-15+. The molecule has 0 saturated heterocycles. The molecule has 0 unspecified atom stereocenters. The third-order valence-electron chi connectivity index (χ3n) is 5.01. The molecule has 0 aliphatic carbocycles. The Labute approximate surface area is 200 Å². The molecular formula is C26H19N7O2. The zero-order valence-electron chi connectivity index (χ0n) is 18.4. The molecule has 5 rings (SSSR count). The molecule has 5 aromatic rings. The molecule has 0 saturated carbocycles. The van der Waals surface area contributed by atoms with E-state index in [9.17, 15) is 9.59 Å². The molecule has 0 fully saturated rings. The Balaban J connectivity index is 1.30. The SMILES string of the molecule is O=C(/C=C/c1cnc2ccccc2n1)NNC(=O)c1nc(-c2ccccc2)n(-c2ccccc2)n1. The lowest BCUT2D eigenvalue weighted by Gasteiger charge is -2.05. The van der Waals surface area contributed by atoms with Crippen LogP contribution in [0.25, 0.3) is 34.2 Å². The van der Waals surface area contributed by atoms with Gasteiger partial charge in [0, 0.05) is 11.6 Å². The van der Waals surface area contributed by atoms with Crippen LogP contribution in [0, 0.1) is 0 Å². The number of nitrogens with zero attached hydrogens (tertiary/aromatic N) is 5. The lowest BCUT2D eigenvalue weighted by Crippen LogP contribution is -2.41. The van der Waals surface area contributed by atoms with Crippen LogP contribution in [0.5, 0.6) is 0 Å². The molecule has 3 aromatic carbocycles. The fourth-order valence-corrected chi connectivity index (χ4v) is 3.36. The Kier molecular flexibility index (Phi) is 6.03. The Bertz CT molecular complexity index is 1470. The van der Waals surface area contributed by atoms with E-state index in [1.165, 1.54) is 12.2 Å². The van der Waals surface area contributed by atoms with E-state index in [0.717, 1.165) is 22.3 Å². The summed E-state index contributed by atoms with van der Waals surface area (Å²) in [6, 6.07) is 26.2. The maximum atomic E-state index is 12.7. The number of fused-ring (bicyclic) bond motifs is 1. The minimum Gasteiger partial charge on any atom is -0.268 e. The third kappa shape index (κ3) is 4.93. The van der Waals surface area contributed by atoms with Crippen molar-refractivity contribution in [3.05, 3.63) is 109 Å². The molecule has 0 atom stereocenters. The molecule has 2 N–H and O–H groups in total. The summed E-state index contributed by atoms with van der Waals surface area (Å²) < 4.78 is 1.59. The normalized spacial score (nSPS) is 11.0. The Hall–Kier alpha value is -5.18. The summed E-state index contributed by atoms with van der Waals surface area (Å²) >= 11 is 0. The van der Waals surface area contributed by atoms with E-state index in [1.54, 1.807) is 10.9 Å². The molecule has 0 bridgehead atoms. The van der Waals surface area contributed by atoms with Crippen LogP contribution in [0.1, 0.15) is 16.3 Å². The fraction of sp³-hybridized carbons (Fsp3) is 0. The van der Waals surface area contributed by atoms with E-state index in [1.807, 2.05) is 84.9 Å². The van der Waals surface area contributed by atoms with Crippen LogP contribution in [0.4, 0.5) is 0 Å². The maximum absolute atomic E-state index is 12.7. The number of carbonyl (C=O) groups is 2. The lowest BCUT2D eigenvalue weighted by molar-refractivity contribution is -0.117. The smallest absolute Gasteiger partial charge is 0.268 e. The van der Waals surface area contributed by atoms with Gasteiger partial charge in [0.2, 0.25) is 5.82 Å². The Morgan fingerprint density at radius 3 is 2.23 bits per heavy atom. The van der Waals surface area contributed by atoms with Crippen molar-refractivity contribution in [3.63, 3.8) is 0 Å². The van der Waals surface area contributed by atoms with E-state index < -0.39 is 11.8 Å². The molecule has 9 heteroatoms. The van der Waals surface area contributed by atoms with E-state index in [2.05, 4.69) is 30.9 Å². The van der Waals surface area contributed by atoms with Gasteiger partial charge in [-0.2, -0.15) is 0 Å². The van der Waals surface area contributed by atoms with Crippen LogP contribution in [0.15, 0.2) is 97.2 Å². The van der Waals surface area contributed by atoms with Crippen molar-refractivity contribution in [2.75, 3.05) is 0 Å². The van der Waals surface area contributed by atoms with Gasteiger partial charge in [0.25, 0.3) is 5.91 Å². The van der Waals surface area contributed by atoms with Gasteiger partial charge in [0.1, 0.15) is 0 Å². The summed E-state index contributed by atoms with van der Waals surface area (Å²) in [7, 11) is 0. The van der Waals surface area contributed by atoms with Crippen LogP contribution in [-0.4, -0.2) is 36.5 Å². The van der Waals surface area contributed by atoms with Gasteiger partial charge in [0.15, 0.2) is 5.82 Å². The van der Waals surface area contributed by atoms with E-state index in [0.29, 0.717) is 11.5 Å². The number of para-hydroxylation sites is 3. The third-order valence-corrected chi connectivity index (χ3v) is 5.01. The van der Waals surface area contributed by atoms with Gasteiger partial charge >= 0.3 is 5.91 Å². The number of amides is 2. The highest BCUT2D eigenvalue weighted by molar-refractivity contribution is 5.96. The van der Waals surface area contributed by atoms with E-state index >= 15 is 0 Å². The summed E-state index contributed by atoms with van der Waals surface area (Å²) in [5, 5.41) is 4.36. The Morgan fingerprint density at radius 1 is 0.771 bits per heavy atom. The largest absolute Gasteiger partial charge is 0.309 e. The van der Waals surface area contributed by atoms with Crippen molar-refractivity contribution in [2.45, 2.75) is 0 Å². The summed E-state index contributed by atoms with van der Waals surface area (Å²) in [5.74, 6) is -0.774. The monoisotopic (exact) mass is 461 g/mol. The van der Waals surface area contributed by atoms with Gasteiger partial charge in [0.05, 0.1) is 28.6 Å². The second kappa shape index (κ2) is 9.75.